The third-order valence-electron chi connectivity index (χ3n) is 5.12. The van der Waals surface area contributed by atoms with Crippen molar-refractivity contribution in [3.63, 3.8) is 0 Å². The Morgan fingerprint density at radius 3 is 2.44 bits per heavy atom. The van der Waals surface area contributed by atoms with Crippen LogP contribution >= 0.6 is 11.3 Å². The number of azo groups is 2. The third-order valence-corrected chi connectivity index (χ3v) is 6.04. The van der Waals surface area contributed by atoms with Gasteiger partial charge in [0.1, 0.15) is 17.2 Å². The molecule has 5 rings (SSSR count). The van der Waals surface area contributed by atoms with Crippen LogP contribution in [0, 0.1) is 6.92 Å². The van der Waals surface area contributed by atoms with E-state index in [0.29, 0.717) is 33.4 Å². The zero-order valence-corrected chi connectivity index (χ0v) is 20.0. The van der Waals surface area contributed by atoms with Crippen molar-refractivity contribution in [1.82, 2.24) is 4.98 Å². The molecule has 0 spiro atoms. The number of rotatable bonds is 6. The van der Waals surface area contributed by atoms with Gasteiger partial charge < -0.3 is 10.2 Å². The number of aliphatic imine (C=N–C) groups is 1. The number of hydrogen-bond acceptors (Lipinski definition) is 9. The topological polar surface area (TPSA) is 115 Å². The van der Waals surface area contributed by atoms with E-state index in [-0.39, 0.29) is 11.5 Å². The first-order valence-corrected chi connectivity index (χ1v) is 11.8. The molecule has 0 radical (unpaired) electrons. The van der Waals surface area contributed by atoms with E-state index in [4.69, 9.17) is 0 Å². The first-order chi connectivity index (χ1) is 17.5. The standard InChI is InChI=1S/C27H20N6O2S/c1-17-5-4-6-19(13-17)30-32-22-11-10-21(34)15-24(22)28-16-18-14-20(9-12-25(18)35)31-33-27-29-23-7-2-3-8-26(23)36-27/h2-16,34-35H,1H3. The maximum absolute atomic E-state index is 10.3. The molecule has 0 bridgehead atoms. The summed E-state index contributed by atoms with van der Waals surface area (Å²) >= 11 is 1.45. The third kappa shape index (κ3) is 5.48. The predicted molar refractivity (Wildman–Crippen MR) is 143 cm³/mol. The average Bonchev–Trinajstić information content (AvgIpc) is 3.30. The number of phenols is 2. The number of fused-ring (bicyclic) bond motifs is 1. The van der Waals surface area contributed by atoms with Crippen LogP contribution in [0.3, 0.4) is 0 Å². The normalized spacial score (nSPS) is 11.9. The number of aromatic hydroxyl groups is 2. The summed E-state index contributed by atoms with van der Waals surface area (Å²) in [5.74, 6) is 0.0695. The molecule has 4 aromatic carbocycles. The van der Waals surface area contributed by atoms with Gasteiger partial charge in [-0.3, -0.25) is 4.99 Å². The van der Waals surface area contributed by atoms with E-state index in [2.05, 4.69) is 30.4 Å². The second kappa shape index (κ2) is 10.2. The first kappa shape index (κ1) is 23.0. The van der Waals surface area contributed by atoms with Crippen molar-refractivity contribution in [1.29, 1.82) is 0 Å². The SMILES string of the molecule is Cc1cccc(N=Nc2ccc(O)cc2N=Cc2cc(N=Nc3nc4ccccc4s3)ccc2O)c1. The van der Waals surface area contributed by atoms with Gasteiger partial charge in [-0.1, -0.05) is 35.6 Å². The highest BCUT2D eigenvalue weighted by Crippen LogP contribution is 2.34. The summed E-state index contributed by atoms with van der Waals surface area (Å²) in [6.07, 6.45) is 1.48. The molecule has 0 saturated carbocycles. The maximum Gasteiger partial charge on any atom is 0.231 e. The van der Waals surface area contributed by atoms with Crippen LogP contribution in [0.25, 0.3) is 10.2 Å². The summed E-state index contributed by atoms with van der Waals surface area (Å²) in [5, 5.41) is 37.9. The molecule has 176 valence electrons. The monoisotopic (exact) mass is 492 g/mol. The molecule has 8 nitrogen and oxygen atoms in total. The van der Waals surface area contributed by atoms with Crippen molar-refractivity contribution in [2.75, 3.05) is 0 Å². The van der Waals surface area contributed by atoms with Gasteiger partial charge in [0.15, 0.2) is 0 Å². The molecule has 9 heteroatoms. The molecule has 0 unspecified atom stereocenters. The van der Waals surface area contributed by atoms with Crippen molar-refractivity contribution in [2.45, 2.75) is 6.92 Å². The van der Waals surface area contributed by atoms with E-state index in [1.54, 1.807) is 18.2 Å². The van der Waals surface area contributed by atoms with Crippen LogP contribution in [0.15, 0.2) is 110 Å². The fourth-order valence-electron chi connectivity index (χ4n) is 3.35. The van der Waals surface area contributed by atoms with E-state index in [9.17, 15) is 10.2 Å². The van der Waals surface area contributed by atoms with E-state index < -0.39 is 0 Å². The van der Waals surface area contributed by atoms with Crippen molar-refractivity contribution in [2.24, 2.45) is 25.4 Å². The smallest absolute Gasteiger partial charge is 0.231 e. The number of aryl methyl sites for hydroxylation is 1. The van der Waals surface area contributed by atoms with Gasteiger partial charge >= 0.3 is 0 Å². The van der Waals surface area contributed by atoms with E-state index in [1.165, 1.54) is 35.8 Å². The second-order valence-corrected chi connectivity index (χ2v) is 8.89. The fourth-order valence-corrected chi connectivity index (χ4v) is 4.14. The Morgan fingerprint density at radius 1 is 0.750 bits per heavy atom. The molecule has 0 aliphatic carbocycles. The van der Waals surface area contributed by atoms with E-state index in [1.807, 2.05) is 55.5 Å². The quantitative estimate of drug-likeness (QED) is 0.183. The number of phenolic OH excluding ortho intramolecular Hbond substituents is 2. The number of benzene rings is 4. The lowest BCUT2D eigenvalue weighted by Gasteiger charge is -2.03. The Hall–Kier alpha value is -4.76. The highest BCUT2D eigenvalue weighted by molar-refractivity contribution is 7.21. The van der Waals surface area contributed by atoms with Gasteiger partial charge in [0.2, 0.25) is 5.13 Å². The van der Waals surface area contributed by atoms with Gasteiger partial charge in [-0.2, -0.15) is 5.11 Å². The zero-order valence-electron chi connectivity index (χ0n) is 19.1. The number of para-hydroxylation sites is 1. The Balaban J connectivity index is 1.39. The minimum Gasteiger partial charge on any atom is -0.508 e. The Labute approximate surface area is 210 Å². The van der Waals surface area contributed by atoms with Gasteiger partial charge in [0.25, 0.3) is 0 Å². The molecule has 0 aliphatic heterocycles. The number of nitrogens with zero attached hydrogens (tertiary/aromatic N) is 6. The Kier molecular flexibility index (Phi) is 6.55. The number of hydrogen-bond donors (Lipinski definition) is 2. The van der Waals surface area contributed by atoms with Gasteiger partial charge in [0, 0.05) is 17.8 Å². The molecule has 0 fully saturated rings. The van der Waals surface area contributed by atoms with Crippen molar-refractivity contribution < 1.29 is 10.2 Å². The Morgan fingerprint density at radius 2 is 1.58 bits per heavy atom. The van der Waals surface area contributed by atoms with E-state index >= 15 is 0 Å². The number of thiazole rings is 1. The molecular formula is C27H20N6O2S. The minimum absolute atomic E-state index is 0.0285. The molecule has 1 aromatic heterocycles. The van der Waals surface area contributed by atoms with Gasteiger partial charge in [-0.25, -0.2) is 4.98 Å². The van der Waals surface area contributed by atoms with Crippen LogP contribution in [0.1, 0.15) is 11.1 Å². The zero-order chi connectivity index (χ0) is 24.9. The molecule has 0 saturated heterocycles. The first-order valence-electron chi connectivity index (χ1n) is 11.0. The average molecular weight is 493 g/mol. The summed E-state index contributed by atoms with van der Waals surface area (Å²) in [4.78, 5) is 8.88. The molecular weight excluding hydrogens is 472 g/mol. The van der Waals surface area contributed by atoms with Crippen molar-refractivity contribution in [3.05, 3.63) is 96.1 Å². The van der Waals surface area contributed by atoms with Crippen LogP contribution in [0.2, 0.25) is 0 Å². The summed E-state index contributed by atoms with van der Waals surface area (Å²) in [6.45, 7) is 1.98. The predicted octanol–water partition coefficient (Wildman–Crippen LogP) is 8.60. The summed E-state index contributed by atoms with van der Waals surface area (Å²) in [6, 6.07) is 24.9. The highest BCUT2D eigenvalue weighted by Gasteiger charge is 2.06. The maximum atomic E-state index is 10.3. The Bertz CT molecular complexity index is 1610. The van der Waals surface area contributed by atoms with E-state index in [0.717, 1.165) is 15.8 Å². The largest absolute Gasteiger partial charge is 0.508 e. The lowest BCUT2D eigenvalue weighted by molar-refractivity contribution is 0.474. The summed E-state index contributed by atoms with van der Waals surface area (Å²) in [7, 11) is 0. The van der Waals surface area contributed by atoms with Crippen LogP contribution in [-0.2, 0) is 0 Å². The number of aromatic nitrogens is 1. The second-order valence-electron chi connectivity index (χ2n) is 7.88. The molecule has 5 aromatic rings. The van der Waals surface area contributed by atoms with Gasteiger partial charge in [-0.15, -0.1) is 15.3 Å². The summed E-state index contributed by atoms with van der Waals surface area (Å²) < 4.78 is 1.03. The minimum atomic E-state index is 0.0285. The summed E-state index contributed by atoms with van der Waals surface area (Å²) in [5.41, 5.74) is 4.48. The fraction of sp³-hybridized carbons (Fsp3) is 0.0370. The van der Waals surface area contributed by atoms with Gasteiger partial charge in [0.05, 0.1) is 27.3 Å². The van der Waals surface area contributed by atoms with Gasteiger partial charge in [-0.05, 0) is 67.1 Å². The molecule has 0 amide bonds. The lowest BCUT2D eigenvalue weighted by atomic mass is 10.2. The van der Waals surface area contributed by atoms with Crippen LogP contribution in [0.4, 0.5) is 27.9 Å². The highest BCUT2D eigenvalue weighted by atomic mass is 32.1. The van der Waals surface area contributed by atoms with Crippen molar-refractivity contribution in [3.8, 4) is 11.5 Å². The van der Waals surface area contributed by atoms with Crippen LogP contribution in [-0.4, -0.2) is 21.4 Å². The lowest BCUT2D eigenvalue weighted by Crippen LogP contribution is -1.82. The molecule has 0 atom stereocenters. The van der Waals surface area contributed by atoms with Crippen molar-refractivity contribution >= 4 is 55.6 Å². The van der Waals surface area contributed by atoms with Crippen LogP contribution < -0.4 is 0 Å². The molecule has 36 heavy (non-hydrogen) atoms. The van der Waals surface area contributed by atoms with Crippen LogP contribution in [0.5, 0.6) is 11.5 Å². The molecule has 0 aliphatic rings. The molecule has 1 heterocycles. The molecule has 2 N–H and O–H groups in total.